The highest BCUT2D eigenvalue weighted by Gasteiger charge is 2.28. The summed E-state index contributed by atoms with van der Waals surface area (Å²) in [5.41, 5.74) is 2.00. The molecule has 1 aromatic carbocycles. The second-order valence-corrected chi connectivity index (χ2v) is 3.77. The maximum Gasteiger partial charge on any atom is 0.401 e. The van der Waals surface area contributed by atoms with Crippen molar-refractivity contribution in [3.05, 3.63) is 35.4 Å². The summed E-state index contributed by atoms with van der Waals surface area (Å²) in [6.45, 7) is 1.39. The van der Waals surface area contributed by atoms with Crippen LogP contribution in [0.4, 0.5) is 13.2 Å². The van der Waals surface area contributed by atoms with Gasteiger partial charge in [-0.05, 0) is 19.5 Å². The smallest absolute Gasteiger partial charge is 0.294 e. The fraction of sp³-hybridized carbons (Fsp3) is 0.455. The van der Waals surface area contributed by atoms with Crippen LogP contribution in [-0.2, 0) is 6.54 Å². The molecule has 84 valence electrons. The van der Waals surface area contributed by atoms with E-state index in [1.54, 1.807) is 0 Å². The van der Waals surface area contributed by atoms with E-state index in [-0.39, 0.29) is 0 Å². The molecule has 0 aliphatic heterocycles. The van der Waals surface area contributed by atoms with Crippen LogP contribution in [0.15, 0.2) is 24.3 Å². The first-order valence-electron chi connectivity index (χ1n) is 4.68. The minimum absolute atomic E-state index is 0.319. The molecule has 0 bridgehead atoms. The van der Waals surface area contributed by atoms with Crippen molar-refractivity contribution in [2.24, 2.45) is 0 Å². The molecular formula is C11H14F3N. The largest absolute Gasteiger partial charge is 0.401 e. The molecule has 0 fully saturated rings. The van der Waals surface area contributed by atoms with E-state index in [4.69, 9.17) is 0 Å². The Morgan fingerprint density at radius 2 is 1.67 bits per heavy atom. The van der Waals surface area contributed by atoms with Crippen LogP contribution in [0, 0.1) is 6.92 Å². The molecule has 0 amide bonds. The Hall–Kier alpha value is -1.03. The predicted molar refractivity (Wildman–Crippen MR) is 53.6 cm³/mol. The zero-order valence-corrected chi connectivity index (χ0v) is 8.80. The van der Waals surface area contributed by atoms with Crippen molar-refractivity contribution in [1.82, 2.24) is 4.90 Å². The van der Waals surface area contributed by atoms with Crippen molar-refractivity contribution < 1.29 is 13.2 Å². The van der Waals surface area contributed by atoms with Crippen LogP contribution in [0.2, 0.25) is 0 Å². The van der Waals surface area contributed by atoms with Gasteiger partial charge < -0.3 is 0 Å². The van der Waals surface area contributed by atoms with Gasteiger partial charge in [0.2, 0.25) is 0 Å². The minimum atomic E-state index is -4.13. The summed E-state index contributed by atoms with van der Waals surface area (Å²) in [5.74, 6) is 0. The van der Waals surface area contributed by atoms with Gasteiger partial charge >= 0.3 is 6.18 Å². The van der Waals surface area contributed by atoms with Crippen LogP contribution >= 0.6 is 0 Å². The van der Waals surface area contributed by atoms with Gasteiger partial charge in [-0.2, -0.15) is 13.2 Å². The number of halogens is 3. The minimum Gasteiger partial charge on any atom is -0.294 e. The van der Waals surface area contributed by atoms with Crippen LogP contribution < -0.4 is 0 Å². The van der Waals surface area contributed by atoms with Gasteiger partial charge in [-0.15, -0.1) is 0 Å². The zero-order chi connectivity index (χ0) is 11.5. The van der Waals surface area contributed by atoms with Gasteiger partial charge in [0.15, 0.2) is 0 Å². The number of rotatable bonds is 3. The standard InChI is InChI=1S/C11H14F3N/c1-9-3-5-10(6-4-9)7-15(2)8-11(12,13)14/h3-6H,7-8H2,1-2H3. The van der Waals surface area contributed by atoms with Crippen LogP contribution in [-0.4, -0.2) is 24.7 Å². The third-order valence-corrected chi connectivity index (χ3v) is 2.02. The summed E-state index contributed by atoms with van der Waals surface area (Å²) in [6.07, 6.45) is -4.13. The molecule has 0 N–H and O–H groups in total. The van der Waals surface area contributed by atoms with Gasteiger partial charge in [0.05, 0.1) is 6.54 Å². The summed E-state index contributed by atoms with van der Waals surface area (Å²) in [6, 6.07) is 7.50. The molecule has 0 spiro atoms. The molecule has 0 heterocycles. The van der Waals surface area contributed by atoms with Crippen LogP contribution in [0.3, 0.4) is 0 Å². The molecule has 0 saturated heterocycles. The maximum atomic E-state index is 12.0. The Morgan fingerprint density at radius 1 is 1.13 bits per heavy atom. The zero-order valence-electron chi connectivity index (χ0n) is 8.80. The first-order valence-corrected chi connectivity index (χ1v) is 4.68. The fourth-order valence-electron chi connectivity index (χ4n) is 1.37. The third kappa shape index (κ3) is 4.83. The quantitative estimate of drug-likeness (QED) is 0.752. The van der Waals surface area contributed by atoms with Gasteiger partial charge in [0.25, 0.3) is 0 Å². The number of hydrogen-bond acceptors (Lipinski definition) is 1. The molecule has 1 nitrogen and oxygen atoms in total. The number of nitrogens with zero attached hydrogens (tertiary/aromatic N) is 1. The van der Waals surface area contributed by atoms with E-state index in [1.165, 1.54) is 11.9 Å². The molecule has 0 unspecified atom stereocenters. The second kappa shape index (κ2) is 4.66. The lowest BCUT2D eigenvalue weighted by Gasteiger charge is -2.18. The highest BCUT2D eigenvalue weighted by atomic mass is 19.4. The van der Waals surface area contributed by atoms with Gasteiger partial charge in [0.1, 0.15) is 0 Å². The van der Waals surface area contributed by atoms with E-state index in [1.807, 2.05) is 31.2 Å². The second-order valence-electron chi connectivity index (χ2n) is 3.77. The molecule has 1 aromatic rings. The van der Waals surface area contributed by atoms with Gasteiger partial charge in [-0.3, -0.25) is 4.90 Å². The summed E-state index contributed by atoms with van der Waals surface area (Å²) >= 11 is 0. The van der Waals surface area contributed by atoms with E-state index in [0.717, 1.165) is 11.1 Å². The van der Waals surface area contributed by atoms with Crippen molar-refractivity contribution in [3.63, 3.8) is 0 Å². The molecular weight excluding hydrogens is 203 g/mol. The first kappa shape index (κ1) is 12.0. The molecule has 0 atom stereocenters. The summed E-state index contributed by atoms with van der Waals surface area (Å²) in [5, 5.41) is 0. The lowest BCUT2D eigenvalue weighted by Crippen LogP contribution is -2.30. The van der Waals surface area contributed by atoms with E-state index in [9.17, 15) is 13.2 Å². The van der Waals surface area contributed by atoms with Crippen molar-refractivity contribution in [2.75, 3.05) is 13.6 Å². The third-order valence-electron chi connectivity index (χ3n) is 2.02. The summed E-state index contributed by atoms with van der Waals surface area (Å²) in [7, 11) is 1.47. The van der Waals surface area contributed by atoms with Crippen molar-refractivity contribution >= 4 is 0 Å². The number of hydrogen-bond donors (Lipinski definition) is 0. The Kier molecular flexibility index (Phi) is 3.74. The van der Waals surface area contributed by atoms with E-state index >= 15 is 0 Å². The molecule has 15 heavy (non-hydrogen) atoms. The molecule has 0 aliphatic rings. The highest BCUT2D eigenvalue weighted by Crippen LogP contribution is 2.16. The molecule has 0 saturated carbocycles. The SMILES string of the molecule is Cc1ccc(CN(C)CC(F)(F)F)cc1. The number of alkyl halides is 3. The average molecular weight is 217 g/mol. The van der Waals surface area contributed by atoms with Gasteiger partial charge in [0, 0.05) is 6.54 Å². The maximum absolute atomic E-state index is 12.0. The topological polar surface area (TPSA) is 3.24 Å². The fourth-order valence-corrected chi connectivity index (χ4v) is 1.37. The lowest BCUT2D eigenvalue weighted by molar-refractivity contribution is -0.144. The van der Waals surface area contributed by atoms with Crippen LogP contribution in [0.1, 0.15) is 11.1 Å². The Morgan fingerprint density at radius 3 is 2.13 bits per heavy atom. The van der Waals surface area contributed by atoms with E-state index in [2.05, 4.69) is 0 Å². The van der Waals surface area contributed by atoms with Gasteiger partial charge in [-0.1, -0.05) is 29.8 Å². The average Bonchev–Trinajstić information content (AvgIpc) is 2.05. The highest BCUT2D eigenvalue weighted by molar-refractivity contribution is 5.21. The molecule has 4 heteroatoms. The van der Waals surface area contributed by atoms with E-state index < -0.39 is 12.7 Å². The van der Waals surface area contributed by atoms with Crippen molar-refractivity contribution in [3.8, 4) is 0 Å². The monoisotopic (exact) mass is 217 g/mol. The number of benzene rings is 1. The summed E-state index contributed by atoms with van der Waals surface area (Å²) in [4.78, 5) is 1.25. The Bertz CT molecular complexity index is 303. The van der Waals surface area contributed by atoms with Crippen LogP contribution in [0.25, 0.3) is 0 Å². The van der Waals surface area contributed by atoms with Crippen LogP contribution in [0.5, 0.6) is 0 Å². The Balaban J connectivity index is 2.51. The molecule has 1 rings (SSSR count). The van der Waals surface area contributed by atoms with Gasteiger partial charge in [-0.25, -0.2) is 0 Å². The summed E-state index contributed by atoms with van der Waals surface area (Å²) < 4.78 is 36.1. The molecule has 0 aromatic heterocycles. The number of aryl methyl sites for hydroxylation is 1. The van der Waals surface area contributed by atoms with E-state index in [0.29, 0.717) is 6.54 Å². The van der Waals surface area contributed by atoms with Crippen molar-refractivity contribution in [2.45, 2.75) is 19.6 Å². The predicted octanol–water partition coefficient (Wildman–Crippen LogP) is 2.99. The molecule has 0 aliphatic carbocycles. The lowest BCUT2D eigenvalue weighted by atomic mass is 10.1. The normalized spacial score (nSPS) is 12.1. The first-order chi connectivity index (χ1) is 6.87. The Labute approximate surface area is 87.5 Å². The molecule has 0 radical (unpaired) electrons. The van der Waals surface area contributed by atoms with Crippen molar-refractivity contribution in [1.29, 1.82) is 0 Å².